The first-order chi connectivity index (χ1) is 12.1. The highest BCUT2D eigenvalue weighted by Gasteiger charge is 2.41. The summed E-state index contributed by atoms with van der Waals surface area (Å²) in [5.41, 5.74) is 3.26. The summed E-state index contributed by atoms with van der Waals surface area (Å²) >= 11 is 0. The predicted octanol–water partition coefficient (Wildman–Crippen LogP) is 3.37. The number of carbonyl (C=O) groups is 2. The smallest absolute Gasteiger partial charge is 0.337 e. The molecule has 1 aromatic rings. The molecule has 1 heterocycles. The third-order valence-corrected chi connectivity index (χ3v) is 6.61. The zero-order valence-electron chi connectivity index (χ0n) is 15.1. The van der Waals surface area contributed by atoms with E-state index in [1.165, 1.54) is 37.5 Å². The minimum absolute atomic E-state index is 0.0922. The lowest BCUT2D eigenvalue weighted by Gasteiger charge is -2.45. The highest BCUT2D eigenvalue weighted by Crippen LogP contribution is 2.44. The fraction of sp³-hybridized carbons (Fsp3) is 0.619. The van der Waals surface area contributed by atoms with Gasteiger partial charge in [0.2, 0.25) is 5.91 Å². The molecule has 0 N–H and O–H groups in total. The van der Waals surface area contributed by atoms with Crippen LogP contribution >= 0.6 is 0 Å². The molecule has 1 saturated heterocycles. The number of nitrogens with zero attached hydrogens (tertiary/aromatic N) is 1. The second-order valence-corrected chi connectivity index (χ2v) is 8.22. The minimum Gasteiger partial charge on any atom is -0.465 e. The number of piperidine rings is 1. The summed E-state index contributed by atoms with van der Waals surface area (Å²) in [5, 5.41) is 0. The lowest BCUT2D eigenvalue weighted by Crippen LogP contribution is -2.48. The average Bonchev–Trinajstić information content (AvgIpc) is 2.58. The third kappa shape index (κ3) is 3.19. The number of ether oxygens (including phenoxy) is 1. The van der Waals surface area contributed by atoms with Gasteiger partial charge in [-0.05, 0) is 73.1 Å². The van der Waals surface area contributed by atoms with E-state index in [1.807, 2.05) is 12.1 Å². The van der Waals surface area contributed by atoms with E-state index in [0.29, 0.717) is 17.9 Å². The van der Waals surface area contributed by atoms with Crippen LogP contribution in [0.5, 0.6) is 0 Å². The van der Waals surface area contributed by atoms with Crippen molar-refractivity contribution >= 4 is 11.9 Å². The Labute approximate surface area is 149 Å². The van der Waals surface area contributed by atoms with Gasteiger partial charge in [-0.15, -0.1) is 0 Å². The molecule has 2 aliphatic carbocycles. The molecule has 4 nitrogen and oxygen atoms in total. The van der Waals surface area contributed by atoms with E-state index in [1.54, 1.807) is 0 Å². The maximum Gasteiger partial charge on any atom is 0.337 e. The standard InChI is InChI=1S/C21H27NO3/c1-25-20(24)17-6-5-16-7-8-21(12-18(16)11-17)9-10-22(19(23)13-21)14-15-3-2-4-15/h5-6,11,15H,2-4,7-10,12-14H2,1H3. The van der Waals surface area contributed by atoms with E-state index < -0.39 is 0 Å². The van der Waals surface area contributed by atoms with Crippen molar-refractivity contribution < 1.29 is 14.3 Å². The molecular formula is C21H27NO3. The van der Waals surface area contributed by atoms with Crippen LogP contribution in [0.1, 0.15) is 60.0 Å². The number of carbonyl (C=O) groups excluding carboxylic acids is 2. The molecule has 4 rings (SSSR count). The highest BCUT2D eigenvalue weighted by molar-refractivity contribution is 5.89. The van der Waals surface area contributed by atoms with Gasteiger partial charge in [0.05, 0.1) is 12.7 Å². The Hall–Kier alpha value is -1.84. The van der Waals surface area contributed by atoms with Crippen molar-refractivity contribution in [2.75, 3.05) is 20.2 Å². The van der Waals surface area contributed by atoms with Gasteiger partial charge in [-0.3, -0.25) is 4.79 Å². The molecule has 1 unspecified atom stereocenters. The van der Waals surface area contributed by atoms with Gasteiger partial charge in [0, 0.05) is 19.5 Å². The van der Waals surface area contributed by atoms with E-state index in [4.69, 9.17) is 4.74 Å². The molecule has 0 radical (unpaired) electrons. The molecule has 1 spiro atoms. The number of esters is 1. The van der Waals surface area contributed by atoms with Crippen molar-refractivity contribution in [1.82, 2.24) is 4.90 Å². The third-order valence-electron chi connectivity index (χ3n) is 6.61. The van der Waals surface area contributed by atoms with Gasteiger partial charge in [0.1, 0.15) is 0 Å². The van der Waals surface area contributed by atoms with Crippen molar-refractivity contribution in [1.29, 1.82) is 0 Å². The first-order valence-corrected chi connectivity index (χ1v) is 9.56. The van der Waals surface area contributed by atoms with E-state index in [9.17, 15) is 9.59 Å². The molecule has 2 fully saturated rings. The lowest BCUT2D eigenvalue weighted by molar-refractivity contribution is -0.139. The Bertz CT molecular complexity index is 694. The number of fused-ring (bicyclic) bond motifs is 1. The topological polar surface area (TPSA) is 46.6 Å². The number of hydrogen-bond donors (Lipinski definition) is 0. The molecule has 1 aliphatic heterocycles. The zero-order valence-corrected chi connectivity index (χ0v) is 15.1. The number of hydrogen-bond acceptors (Lipinski definition) is 3. The average molecular weight is 341 g/mol. The molecule has 1 amide bonds. The Balaban J connectivity index is 1.47. The van der Waals surface area contributed by atoms with Crippen molar-refractivity contribution in [3.8, 4) is 0 Å². The first-order valence-electron chi connectivity index (χ1n) is 9.56. The Morgan fingerprint density at radius 2 is 2.08 bits per heavy atom. The van der Waals surface area contributed by atoms with E-state index in [2.05, 4.69) is 11.0 Å². The second-order valence-electron chi connectivity index (χ2n) is 8.22. The van der Waals surface area contributed by atoms with Crippen LogP contribution in [0.25, 0.3) is 0 Å². The molecule has 134 valence electrons. The summed E-state index contributed by atoms with van der Waals surface area (Å²) in [6.07, 6.45) is 8.67. The fourth-order valence-electron chi connectivity index (χ4n) is 4.73. The number of rotatable bonds is 3. The van der Waals surface area contributed by atoms with E-state index >= 15 is 0 Å². The van der Waals surface area contributed by atoms with Gasteiger partial charge in [-0.25, -0.2) is 4.79 Å². The Morgan fingerprint density at radius 3 is 2.76 bits per heavy atom. The van der Waals surface area contributed by atoms with Crippen LogP contribution < -0.4 is 0 Å². The summed E-state index contributed by atoms with van der Waals surface area (Å²) in [6, 6.07) is 5.89. The van der Waals surface area contributed by atoms with Gasteiger partial charge >= 0.3 is 5.97 Å². The van der Waals surface area contributed by atoms with E-state index in [-0.39, 0.29) is 11.4 Å². The molecule has 25 heavy (non-hydrogen) atoms. The first kappa shape index (κ1) is 16.6. The quantitative estimate of drug-likeness (QED) is 0.792. The van der Waals surface area contributed by atoms with Gasteiger partial charge in [-0.2, -0.15) is 0 Å². The molecule has 0 aromatic heterocycles. The van der Waals surface area contributed by atoms with Crippen LogP contribution in [-0.4, -0.2) is 37.0 Å². The van der Waals surface area contributed by atoms with Crippen LogP contribution in [0.15, 0.2) is 18.2 Å². The normalized spacial score (nSPS) is 26.3. The molecular weight excluding hydrogens is 314 g/mol. The number of likely N-dealkylation sites (tertiary alicyclic amines) is 1. The van der Waals surface area contributed by atoms with Crippen LogP contribution in [0.4, 0.5) is 0 Å². The SMILES string of the molecule is COC(=O)c1ccc2c(c1)CC1(CC2)CCN(CC2CCC2)C(=O)C1. The van der Waals surface area contributed by atoms with E-state index in [0.717, 1.165) is 44.7 Å². The summed E-state index contributed by atoms with van der Waals surface area (Å²) < 4.78 is 4.85. The lowest BCUT2D eigenvalue weighted by atomic mass is 9.66. The van der Waals surface area contributed by atoms with Gasteiger partial charge in [0.25, 0.3) is 0 Å². The maximum atomic E-state index is 12.7. The Kier molecular flexibility index (Phi) is 4.30. The van der Waals surface area contributed by atoms with Gasteiger partial charge < -0.3 is 9.64 Å². The summed E-state index contributed by atoms with van der Waals surface area (Å²) in [7, 11) is 1.42. The van der Waals surface area contributed by atoms with Crippen molar-refractivity contribution in [2.24, 2.45) is 11.3 Å². The van der Waals surface area contributed by atoms with Crippen LogP contribution in [-0.2, 0) is 22.4 Å². The summed E-state index contributed by atoms with van der Waals surface area (Å²) in [6.45, 7) is 1.87. The molecule has 3 aliphatic rings. The van der Waals surface area contributed by atoms with Crippen molar-refractivity contribution in [3.05, 3.63) is 34.9 Å². The zero-order chi connectivity index (χ0) is 17.4. The number of aryl methyl sites for hydroxylation is 1. The van der Waals surface area contributed by atoms with Crippen LogP contribution in [0.3, 0.4) is 0 Å². The highest BCUT2D eigenvalue weighted by atomic mass is 16.5. The number of benzene rings is 1. The molecule has 1 atom stereocenters. The summed E-state index contributed by atoms with van der Waals surface area (Å²) in [5.74, 6) is 0.798. The monoisotopic (exact) mass is 341 g/mol. The van der Waals surface area contributed by atoms with Crippen molar-refractivity contribution in [2.45, 2.75) is 51.4 Å². The second kappa shape index (κ2) is 6.47. The minimum atomic E-state index is -0.284. The molecule has 1 saturated carbocycles. The molecule has 4 heteroatoms. The molecule has 1 aromatic carbocycles. The van der Waals surface area contributed by atoms with Crippen molar-refractivity contribution in [3.63, 3.8) is 0 Å². The van der Waals surface area contributed by atoms with Crippen LogP contribution in [0, 0.1) is 11.3 Å². The largest absolute Gasteiger partial charge is 0.465 e. The van der Waals surface area contributed by atoms with Crippen LogP contribution in [0.2, 0.25) is 0 Å². The predicted molar refractivity (Wildman–Crippen MR) is 95.4 cm³/mol. The molecule has 0 bridgehead atoms. The Morgan fingerprint density at radius 1 is 1.24 bits per heavy atom. The maximum absolute atomic E-state index is 12.7. The van der Waals surface area contributed by atoms with Gasteiger partial charge in [0.15, 0.2) is 0 Å². The van der Waals surface area contributed by atoms with Gasteiger partial charge in [-0.1, -0.05) is 12.5 Å². The fourth-order valence-corrected chi connectivity index (χ4v) is 4.73. The number of amides is 1. The summed E-state index contributed by atoms with van der Waals surface area (Å²) in [4.78, 5) is 26.7. The number of methoxy groups -OCH3 is 1.